The fraction of sp³-hybridized carbons (Fsp3) is 0.667. The zero-order valence-corrected chi connectivity index (χ0v) is 22.3. The standard InChI is InChI=1S/C27H34Cl2N4O3/c1-14-18-11-19(25(14)30-15(2)34)23-22(18)26(35)33(27(23)36)13-17-10-16(17)12-31-6-8-32(9-7-31)21-5-3-4-20(28)24(21)29/h3-5,14,16-19,22-23,25H,6-13H2,1-2H3,(H,30,34)/t14?,16-,17-,18?,19?,22?,23?,25?/m1/s1. The summed E-state index contributed by atoms with van der Waals surface area (Å²) in [6, 6.07) is 5.78. The van der Waals surface area contributed by atoms with Crippen molar-refractivity contribution in [3.63, 3.8) is 0 Å². The highest BCUT2D eigenvalue weighted by Gasteiger charge is 2.66. The van der Waals surface area contributed by atoms with Crippen LogP contribution < -0.4 is 10.2 Å². The Morgan fingerprint density at radius 2 is 1.64 bits per heavy atom. The van der Waals surface area contributed by atoms with E-state index >= 15 is 0 Å². The highest BCUT2D eigenvalue weighted by atomic mass is 35.5. The van der Waals surface area contributed by atoms with E-state index in [1.165, 1.54) is 6.92 Å². The van der Waals surface area contributed by atoms with Crippen LogP contribution in [0.1, 0.15) is 26.7 Å². The molecule has 194 valence electrons. The molecule has 6 unspecified atom stereocenters. The average molecular weight is 534 g/mol. The number of anilines is 1. The molecular weight excluding hydrogens is 499 g/mol. The molecule has 2 heterocycles. The second-order valence-electron chi connectivity index (χ2n) is 11.6. The Hall–Kier alpha value is -1.83. The van der Waals surface area contributed by atoms with E-state index in [0.29, 0.717) is 28.4 Å². The zero-order chi connectivity index (χ0) is 25.3. The summed E-state index contributed by atoms with van der Waals surface area (Å²) in [5.74, 6) is 1.07. The lowest BCUT2D eigenvalue weighted by atomic mass is 9.73. The fourth-order valence-corrected chi connectivity index (χ4v) is 8.15. The smallest absolute Gasteiger partial charge is 0.233 e. The molecule has 36 heavy (non-hydrogen) atoms. The summed E-state index contributed by atoms with van der Waals surface area (Å²) in [5.41, 5.74) is 0.994. The maximum atomic E-state index is 13.4. The van der Waals surface area contributed by atoms with Crippen molar-refractivity contribution in [1.29, 1.82) is 0 Å². The van der Waals surface area contributed by atoms with Crippen LogP contribution in [0, 0.1) is 41.4 Å². The van der Waals surface area contributed by atoms with Crippen LogP contribution in [-0.2, 0) is 14.4 Å². The van der Waals surface area contributed by atoms with Gasteiger partial charge in [0.25, 0.3) is 0 Å². The van der Waals surface area contributed by atoms with Gasteiger partial charge in [0.15, 0.2) is 0 Å². The van der Waals surface area contributed by atoms with Gasteiger partial charge in [0, 0.05) is 52.2 Å². The molecule has 2 bridgehead atoms. The van der Waals surface area contributed by atoms with Gasteiger partial charge < -0.3 is 10.2 Å². The molecule has 3 saturated carbocycles. The molecule has 0 aromatic heterocycles. The van der Waals surface area contributed by atoms with Crippen molar-refractivity contribution >= 4 is 46.6 Å². The van der Waals surface area contributed by atoms with Crippen LogP contribution in [0.5, 0.6) is 0 Å². The number of piperazine rings is 1. The number of hydrogen-bond acceptors (Lipinski definition) is 5. The van der Waals surface area contributed by atoms with Gasteiger partial charge in [-0.2, -0.15) is 0 Å². The van der Waals surface area contributed by atoms with Crippen molar-refractivity contribution in [1.82, 2.24) is 15.1 Å². The molecule has 0 spiro atoms. The molecule has 7 nitrogen and oxygen atoms in total. The monoisotopic (exact) mass is 532 g/mol. The zero-order valence-electron chi connectivity index (χ0n) is 20.8. The first kappa shape index (κ1) is 24.5. The van der Waals surface area contributed by atoms with Crippen molar-refractivity contribution in [2.45, 2.75) is 32.7 Å². The first-order valence-corrected chi connectivity index (χ1v) is 14.0. The van der Waals surface area contributed by atoms with Gasteiger partial charge >= 0.3 is 0 Å². The summed E-state index contributed by atoms with van der Waals surface area (Å²) in [4.78, 5) is 44.8. The van der Waals surface area contributed by atoms with E-state index in [0.717, 1.165) is 51.3 Å². The molecule has 5 fully saturated rings. The number of imide groups is 1. The first-order valence-electron chi connectivity index (χ1n) is 13.3. The normalized spacial score (nSPS) is 37.6. The van der Waals surface area contributed by atoms with Crippen LogP contribution in [0.4, 0.5) is 5.69 Å². The van der Waals surface area contributed by atoms with E-state index < -0.39 is 0 Å². The molecule has 9 heteroatoms. The fourth-order valence-electron chi connectivity index (χ4n) is 7.73. The molecule has 5 aliphatic rings. The van der Waals surface area contributed by atoms with E-state index in [1.54, 1.807) is 4.90 Å². The number of fused-ring (bicyclic) bond motifs is 5. The summed E-state index contributed by atoms with van der Waals surface area (Å²) in [6.07, 6.45) is 1.95. The van der Waals surface area contributed by atoms with Crippen LogP contribution in [0.2, 0.25) is 10.0 Å². The van der Waals surface area contributed by atoms with Crippen LogP contribution in [0.15, 0.2) is 18.2 Å². The van der Waals surface area contributed by atoms with E-state index in [-0.39, 0.29) is 53.4 Å². The summed E-state index contributed by atoms with van der Waals surface area (Å²) in [7, 11) is 0. The molecule has 0 radical (unpaired) electrons. The lowest BCUT2D eigenvalue weighted by Crippen LogP contribution is -2.48. The van der Waals surface area contributed by atoms with Gasteiger partial charge in [-0.1, -0.05) is 36.2 Å². The second kappa shape index (κ2) is 9.17. The maximum absolute atomic E-state index is 13.4. The van der Waals surface area contributed by atoms with E-state index in [1.807, 2.05) is 18.2 Å². The third-order valence-corrected chi connectivity index (χ3v) is 10.5. The number of nitrogens with one attached hydrogen (secondary N) is 1. The minimum absolute atomic E-state index is 0.0115. The minimum Gasteiger partial charge on any atom is -0.368 e. The van der Waals surface area contributed by atoms with Gasteiger partial charge in [-0.25, -0.2) is 0 Å². The third-order valence-electron chi connectivity index (χ3n) is 9.65. The van der Waals surface area contributed by atoms with Crippen molar-refractivity contribution in [3.05, 3.63) is 28.2 Å². The first-order chi connectivity index (χ1) is 17.2. The molecule has 1 aromatic carbocycles. The molecule has 1 aromatic rings. The van der Waals surface area contributed by atoms with Crippen molar-refractivity contribution < 1.29 is 14.4 Å². The van der Waals surface area contributed by atoms with Crippen LogP contribution in [0.25, 0.3) is 0 Å². The Morgan fingerprint density at radius 3 is 2.33 bits per heavy atom. The average Bonchev–Trinajstić information content (AvgIpc) is 3.23. The van der Waals surface area contributed by atoms with Crippen molar-refractivity contribution in [3.8, 4) is 0 Å². The SMILES string of the molecule is CC(=O)NC1C(C)C2CC1C1C(=O)N(C[C@H]3C[C@@H]3CN3CCN(c4cccc(Cl)c4Cl)CC3)C(=O)C21. The lowest BCUT2D eigenvalue weighted by molar-refractivity contribution is -0.141. The number of likely N-dealkylation sites (tertiary alicyclic amines) is 1. The van der Waals surface area contributed by atoms with Crippen molar-refractivity contribution in [2.24, 2.45) is 41.4 Å². The molecule has 3 amide bonds. The Kier molecular flexibility index (Phi) is 6.24. The van der Waals surface area contributed by atoms with E-state index in [9.17, 15) is 14.4 Å². The largest absolute Gasteiger partial charge is 0.368 e. The highest BCUT2D eigenvalue weighted by molar-refractivity contribution is 6.43. The van der Waals surface area contributed by atoms with Gasteiger partial charge in [-0.15, -0.1) is 0 Å². The summed E-state index contributed by atoms with van der Waals surface area (Å²) >= 11 is 12.6. The van der Waals surface area contributed by atoms with Gasteiger partial charge in [0.2, 0.25) is 17.7 Å². The molecular formula is C27H34Cl2N4O3. The predicted octanol–water partition coefficient (Wildman–Crippen LogP) is 3.14. The molecule has 1 N–H and O–H groups in total. The number of amides is 3. The summed E-state index contributed by atoms with van der Waals surface area (Å²) < 4.78 is 0. The number of carbonyl (C=O) groups is 3. The number of halogens is 2. The predicted molar refractivity (Wildman–Crippen MR) is 139 cm³/mol. The van der Waals surface area contributed by atoms with Gasteiger partial charge in [-0.05, 0) is 54.6 Å². The lowest BCUT2D eigenvalue weighted by Gasteiger charge is -2.36. The second-order valence-corrected chi connectivity index (χ2v) is 12.4. The van der Waals surface area contributed by atoms with E-state index in [4.69, 9.17) is 23.2 Å². The number of hydrogen-bond donors (Lipinski definition) is 1. The number of rotatable bonds is 6. The molecule has 8 atom stereocenters. The highest BCUT2D eigenvalue weighted by Crippen LogP contribution is 2.59. The quantitative estimate of drug-likeness (QED) is 0.569. The molecule has 3 aliphatic carbocycles. The van der Waals surface area contributed by atoms with Crippen molar-refractivity contribution in [2.75, 3.05) is 44.2 Å². The molecule has 6 rings (SSSR count). The minimum atomic E-state index is -0.237. The van der Waals surface area contributed by atoms with E-state index in [2.05, 4.69) is 22.0 Å². The molecule has 2 aliphatic heterocycles. The number of carbonyl (C=O) groups excluding carboxylic acids is 3. The van der Waals surface area contributed by atoms with Gasteiger partial charge in [0.05, 0.1) is 27.6 Å². The van der Waals surface area contributed by atoms with Gasteiger partial charge in [-0.3, -0.25) is 24.2 Å². The Bertz CT molecular complexity index is 1090. The van der Waals surface area contributed by atoms with Crippen LogP contribution >= 0.6 is 23.2 Å². The topological polar surface area (TPSA) is 73.0 Å². The maximum Gasteiger partial charge on any atom is 0.233 e. The Labute approximate surface area is 222 Å². The number of benzene rings is 1. The van der Waals surface area contributed by atoms with Crippen LogP contribution in [-0.4, -0.2) is 72.8 Å². The van der Waals surface area contributed by atoms with Crippen LogP contribution in [0.3, 0.4) is 0 Å². The third kappa shape index (κ3) is 4.02. The summed E-state index contributed by atoms with van der Waals surface area (Å²) in [6.45, 7) is 8.96. The number of nitrogens with zero attached hydrogens (tertiary/aromatic N) is 3. The molecule has 2 saturated heterocycles. The Morgan fingerprint density at radius 1 is 0.972 bits per heavy atom. The summed E-state index contributed by atoms with van der Waals surface area (Å²) in [5, 5.41) is 4.27. The Balaban J connectivity index is 1.02. The van der Waals surface area contributed by atoms with Gasteiger partial charge in [0.1, 0.15) is 0 Å².